The van der Waals surface area contributed by atoms with Crippen molar-refractivity contribution in [2.24, 2.45) is 0 Å². The van der Waals surface area contributed by atoms with Gasteiger partial charge in [0.1, 0.15) is 11.3 Å². The van der Waals surface area contributed by atoms with Crippen LogP contribution in [0.5, 0.6) is 0 Å². The van der Waals surface area contributed by atoms with E-state index in [-0.39, 0.29) is 6.04 Å². The standard InChI is InChI=1S/C19H25NO/c1-3-11-20-19(15-7-5-4-6-8-15)18-13-16-12-14(2)9-10-17(16)21-18/h7,9-10,12-13,19-20H,3-6,8,11H2,1-2H3. The molecule has 0 radical (unpaired) electrons. The van der Waals surface area contributed by atoms with Crippen molar-refractivity contribution in [2.75, 3.05) is 6.54 Å². The second kappa shape index (κ2) is 6.48. The first-order chi connectivity index (χ1) is 10.3. The zero-order valence-corrected chi connectivity index (χ0v) is 13.1. The summed E-state index contributed by atoms with van der Waals surface area (Å²) in [5, 5.41) is 4.88. The van der Waals surface area contributed by atoms with E-state index in [1.54, 1.807) is 0 Å². The first kappa shape index (κ1) is 14.4. The molecule has 0 saturated carbocycles. The van der Waals surface area contributed by atoms with Gasteiger partial charge in [0.15, 0.2) is 0 Å². The number of fused-ring (bicyclic) bond motifs is 1. The number of rotatable bonds is 5. The lowest BCUT2D eigenvalue weighted by Crippen LogP contribution is -2.24. The van der Waals surface area contributed by atoms with Gasteiger partial charge in [-0.2, -0.15) is 0 Å². The average Bonchev–Trinajstić information content (AvgIpc) is 2.91. The monoisotopic (exact) mass is 283 g/mol. The maximum Gasteiger partial charge on any atom is 0.134 e. The molecule has 1 atom stereocenters. The molecule has 2 nitrogen and oxygen atoms in total. The Morgan fingerprint density at radius 2 is 2.14 bits per heavy atom. The van der Waals surface area contributed by atoms with E-state index in [2.05, 4.69) is 49.5 Å². The largest absolute Gasteiger partial charge is 0.459 e. The summed E-state index contributed by atoms with van der Waals surface area (Å²) < 4.78 is 6.13. The van der Waals surface area contributed by atoms with Crippen LogP contribution >= 0.6 is 0 Å². The topological polar surface area (TPSA) is 25.2 Å². The van der Waals surface area contributed by atoms with E-state index < -0.39 is 0 Å². The molecule has 0 amide bonds. The molecule has 1 aliphatic rings. The molecule has 1 N–H and O–H groups in total. The minimum atomic E-state index is 0.248. The van der Waals surface area contributed by atoms with Crippen LogP contribution in [0, 0.1) is 6.92 Å². The number of hydrogen-bond donors (Lipinski definition) is 1. The first-order valence-electron chi connectivity index (χ1n) is 8.20. The smallest absolute Gasteiger partial charge is 0.134 e. The van der Waals surface area contributed by atoms with Crippen molar-refractivity contribution in [3.8, 4) is 0 Å². The van der Waals surface area contributed by atoms with Crippen molar-refractivity contribution in [1.82, 2.24) is 5.32 Å². The predicted molar refractivity (Wildman–Crippen MR) is 88.5 cm³/mol. The molecule has 1 heterocycles. The van der Waals surface area contributed by atoms with E-state index in [0.717, 1.165) is 24.3 Å². The molecule has 0 aliphatic heterocycles. The fourth-order valence-corrected chi connectivity index (χ4v) is 3.15. The molecule has 2 aromatic rings. The lowest BCUT2D eigenvalue weighted by molar-refractivity contribution is 0.449. The highest BCUT2D eigenvalue weighted by atomic mass is 16.3. The number of furan rings is 1. The number of nitrogens with one attached hydrogen (secondary N) is 1. The minimum Gasteiger partial charge on any atom is -0.459 e. The lowest BCUT2D eigenvalue weighted by atomic mass is 9.92. The summed E-state index contributed by atoms with van der Waals surface area (Å²) in [5.41, 5.74) is 3.78. The van der Waals surface area contributed by atoms with Gasteiger partial charge in [0.25, 0.3) is 0 Å². The molecule has 112 valence electrons. The first-order valence-corrected chi connectivity index (χ1v) is 8.20. The molecular formula is C19H25NO. The molecule has 2 heteroatoms. The van der Waals surface area contributed by atoms with E-state index in [1.807, 2.05) is 0 Å². The Bertz CT molecular complexity index is 638. The van der Waals surface area contributed by atoms with Crippen molar-refractivity contribution in [3.05, 3.63) is 47.2 Å². The van der Waals surface area contributed by atoms with Crippen LogP contribution in [0.15, 0.2) is 40.3 Å². The fourth-order valence-electron chi connectivity index (χ4n) is 3.15. The van der Waals surface area contributed by atoms with Gasteiger partial charge in [-0.25, -0.2) is 0 Å². The van der Waals surface area contributed by atoms with Gasteiger partial charge in [0.2, 0.25) is 0 Å². The minimum absolute atomic E-state index is 0.248. The zero-order chi connectivity index (χ0) is 14.7. The summed E-state index contributed by atoms with van der Waals surface area (Å²) in [5.74, 6) is 1.07. The molecular weight excluding hydrogens is 258 g/mol. The van der Waals surface area contributed by atoms with Crippen molar-refractivity contribution in [2.45, 2.75) is 52.0 Å². The Balaban J connectivity index is 1.94. The summed E-state index contributed by atoms with van der Waals surface area (Å²) in [6, 6.07) is 8.86. The van der Waals surface area contributed by atoms with Crippen LogP contribution in [0.3, 0.4) is 0 Å². The van der Waals surface area contributed by atoms with Crippen LogP contribution in [0.2, 0.25) is 0 Å². The normalized spacial score (nSPS) is 17.0. The molecule has 1 aromatic heterocycles. The summed E-state index contributed by atoms with van der Waals surface area (Å²) in [6.45, 7) is 5.36. The van der Waals surface area contributed by atoms with Gasteiger partial charge in [-0.3, -0.25) is 0 Å². The Morgan fingerprint density at radius 3 is 2.90 bits per heavy atom. The van der Waals surface area contributed by atoms with Crippen LogP contribution in [0.4, 0.5) is 0 Å². The molecule has 1 aliphatic carbocycles. The third-order valence-corrected chi connectivity index (χ3v) is 4.27. The van der Waals surface area contributed by atoms with Crippen LogP contribution in [0.25, 0.3) is 11.0 Å². The summed E-state index contributed by atoms with van der Waals surface area (Å²) in [4.78, 5) is 0. The van der Waals surface area contributed by atoms with Gasteiger partial charge in [-0.05, 0) is 69.3 Å². The van der Waals surface area contributed by atoms with Gasteiger partial charge in [-0.1, -0.05) is 24.6 Å². The molecule has 0 fully saturated rings. The molecule has 21 heavy (non-hydrogen) atoms. The molecule has 1 unspecified atom stereocenters. The van der Waals surface area contributed by atoms with Gasteiger partial charge in [-0.15, -0.1) is 0 Å². The summed E-state index contributed by atoms with van der Waals surface area (Å²) in [7, 11) is 0. The van der Waals surface area contributed by atoms with Crippen molar-refractivity contribution in [1.29, 1.82) is 0 Å². The van der Waals surface area contributed by atoms with Gasteiger partial charge in [0, 0.05) is 5.39 Å². The van der Waals surface area contributed by atoms with E-state index in [1.165, 1.54) is 42.2 Å². The second-order valence-electron chi connectivity index (χ2n) is 6.10. The number of benzene rings is 1. The van der Waals surface area contributed by atoms with Gasteiger partial charge < -0.3 is 9.73 Å². The van der Waals surface area contributed by atoms with E-state index in [4.69, 9.17) is 4.42 Å². The fraction of sp³-hybridized carbons (Fsp3) is 0.474. The van der Waals surface area contributed by atoms with Crippen LogP contribution < -0.4 is 5.32 Å². The maximum atomic E-state index is 6.13. The maximum absolute atomic E-state index is 6.13. The second-order valence-corrected chi connectivity index (χ2v) is 6.10. The van der Waals surface area contributed by atoms with Crippen LogP contribution in [-0.2, 0) is 0 Å². The molecule has 0 saturated heterocycles. The lowest BCUT2D eigenvalue weighted by Gasteiger charge is -2.22. The molecule has 0 bridgehead atoms. The Morgan fingerprint density at radius 1 is 1.24 bits per heavy atom. The highest BCUT2D eigenvalue weighted by Gasteiger charge is 2.21. The molecule has 0 spiro atoms. The van der Waals surface area contributed by atoms with E-state index in [9.17, 15) is 0 Å². The third kappa shape index (κ3) is 3.21. The Labute approximate surface area is 127 Å². The molecule has 1 aromatic carbocycles. The Hall–Kier alpha value is -1.54. The van der Waals surface area contributed by atoms with Crippen LogP contribution in [0.1, 0.15) is 56.4 Å². The average molecular weight is 283 g/mol. The summed E-state index contributed by atoms with van der Waals surface area (Å²) in [6.07, 6.45) is 8.58. The van der Waals surface area contributed by atoms with Gasteiger partial charge >= 0.3 is 0 Å². The van der Waals surface area contributed by atoms with E-state index >= 15 is 0 Å². The quantitative estimate of drug-likeness (QED) is 0.755. The third-order valence-electron chi connectivity index (χ3n) is 4.27. The number of aryl methyl sites for hydroxylation is 1. The highest BCUT2D eigenvalue weighted by Crippen LogP contribution is 2.33. The Kier molecular flexibility index (Phi) is 4.45. The number of allylic oxidation sites excluding steroid dienone is 1. The van der Waals surface area contributed by atoms with Gasteiger partial charge in [0.05, 0.1) is 6.04 Å². The van der Waals surface area contributed by atoms with E-state index in [0.29, 0.717) is 0 Å². The predicted octanol–water partition coefficient (Wildman–Crippen LogP) is 5.28. The summed E-state index contributed by atoms with van der Waals surface area (Å²) >= 11 is 0. The SMILES string of the molecule is CCCNC(C1=CCCCC1)c1cc2cc(C)ccc2o1. The zero-order valence-electron chi connectivity index (χ0n) is 13.1. The van der Waals surface area contributed by atoms with Crippen molar-refractivity contribution in [3.63, 3.8) is 0 Å². The van der Waals surface area contributed by atoms with Crippen LogP contribution in [-0.4, -0.2) is 6.54 Å². The number of hydrogen-bond acceptors (Lipinski definition) is 2. The highest BCUT2D eigenvalue weighted by molar-refractivity contribution is 5.78. The van der Waals surface area contributed by atoms with Crippen molar-refractivity contribution >= 4 is 11.0 Å². The molecule has 3 rings (SSSR count). The van der Waals surface area contributed by atoms with Crippen molar-refractivity contribution < 1.29 is 4.42 Å².